The van der Waals surface area contributed by atoms with E-state index in [2.05, 4.69) is 16.3 Å². The number of phenols is 2. The Morgan fingerprint density at radius 2 is 1.92 bits per heavy atom. The first kappa shape index (κ1) is 17.6. The van der Waals surface area contributed by atoms with Gasteiger partial charge in [0, 0.05) is 29.2 Å². The summed E-state index contributed by atoms with van der Waals surface area (Å²) in [5.74, 6) is 0.331. The molecule has 2 aromatic carbocycles. The van der Waals surface area contributed by atoms with Crippen molar-refractivity contribution in [1.82, 2.24) is 10.2 Å². The third-order valence-corrected chi connectivity index (χ3v) is 4.14. The van der Waals surface area contributed by atoms with E-state index < -0.39 is 0 Å². The summed E-state index contributed by atoms with van der Waals surface area (Å²) < 4.78 is 5.81. The maximum absolute atomic E-state index is 10.2. The minimum Gasteiger partial charge on any atom is -0.507 e. The van der Waals surface area contributed by atoms with Crippen LogP contribution in [0, 0.1) is 11.3 Å². The fourth-order valence-electron chi connectivity index (χ4n) is 2.60. The first-order valence-corrected chi connectivity index (χ1v) is 8.34. The number of unbranched alkanes of at least 4 members (excludes halogenated alkanes) is 1. The normalized spacial score (nSPS) is 10.5. The number of hydrogen-bond acceptors (Lipinski definition) is 5. The van der Waals surface area contributed by atoms with Gasteiger partial charge in [-0.15, -0.1) is 0 Å². The van der Waals surface area contributed by atoms with E-state index in [4.69, 9.17) is 21.6 Å². The highest BCUT2D eigenvalue weighted by atomic mass is 35.5. The van der Waals surface area contributed by atoms with Crippen molar-refractivity contribution in [2.75, 3.05) is 6.61 Å². The quantitative estimate of drug-likeness (QED) is 0.555. The van der Waals surface area contributed by atoms with Crippen LogP contribution in [0.5, 0.6) is 17.2 Å². The highest BCUT2D eigenvalue weighted by molar-refractivity contribution is 6.32. The van der Waals surface area contributed by atoms with Crippen molar-refractivity contribution in [3.05, 3.63) is 47.6 Å². The zero-order valence-electron chi connectivity index (χ0n) is 13.7. The Morgan fingerprint density at radius 1 is 1.12 bits per heavy atom. The fraction of sp³-hybridized carbons (Fsp3) is 0.158. The Labute approximate surface area is 155 Å². The zero-order chi connectivity index (χ0) is 18.5. The van der Waals surface area contributed by atoms with Gasteiger partial charge in [-0.2, -0.15) is 10.4 Å². The number of benzene rings is 2. The lowest BCUT2D eigenvalue weighted by Gasteiger charge is -2.12. The van der Waals surface area contributed by atoms with Crippen molar-refractivity contribution in [1.29, 1.82) is 5.26 Å². The molecule has 3 rings (SSSR count). The number of phenolic OH excluding ortho intramolecular Hbond substituents is 2. The van der Waals surface area contributed by atoms with Gasteiger partial charge in [0.25, 0.3) is 0 Å². The van der Waals surface area contributed by atoms with Gasteiger partial charge in [-0.25, -0.2) is 0 Å². The molecule has 0 amide bonds. The first-order chi connectivity index (χ1) is 12.6. The number of nitrogens with one attached hydrogen (secondary N) is 1. The molecule has 0 radical (unpaired) electrons. The molecule has 0 atom stereocenters. The molecule has 1 heterocycles. The summed E-state index contributed by atoms with van der Waals surface area (Å²) in [4.78, 5) is 0. The molecule has 7 heteroatoms. The van der Waals surface area contributed by atoms with Crippen molar-refractivity contribution >= 4 is 11.6 Å². The molecule has 132 valence electrons. The molecule has 0 spiro atoms. The van der Waals surface area contributed by atoms with E-state index in [1.54, 1.807) is 6.20 Å². The second-order valence-electron chi connectivity index (χ2n) is 5.59. The summed E-state index contributed by atoms with van der Waals surface area (Å²) in [6.45, 7) is 0.425. The van der Waals surface area contributed by atoms with Crippen LogP contribution in [0.2, 0.25) is 5.02 Å². The van der Waals surface area contributed by atoms with Gasteiger partial charge in [-0.05, 0) is 18.6 Å². The van der Waals surface area contributed by atoms with E-state index in [-0.39, 0.29) is 16.5 Å². The molecule has 0 fully saturated rings. The number of ether oxygens (including phenoxy) is 1. The molecule has 0 aliphatic carbocycles. The lowest BCUT2D eigenvalue weighted by atomic mass is 10.00. The number of nitriles is 1. The SMILES string of the molecule is N#CCCCOc1ccccc1-c1cn[nH]c1-c1cc(Cl)c(O)cc1O. The standard InChI is InChI=1S/C19H16ClN3O3/c20-15-9-13(16(24)10-17(15)25)19-14(11-22-23-19)12-5-1-2-6-18(12)26-8-4-3-7-21/h1-2,5-6,9-11,24-25H,3-4,8H2,(H,22,23). The maximum atomic E-state index is 10.2. The second-order valence-corrected chi connectivity index (χ2v) is 5.99. The average Bonchev–Trinajstić information content (AvgIpc) is 3.11. The van der Waals surface area contributed by atoms with Crippen LogP contribution in [-0.2, 0) is 0 Å². The predicted octanol–water partition coefficient (Wildman–Crippen LogP) is 4.49. The van der Waals surface area contributed by atoms with Crippen LogP contribution in [0.3, 0.4) is 0 Å². The molecule has 6 nitrogen and oxygen atoms in total. The summed E-state index contributed by atoms with van der Waals surface area (Å²) >= 11 is 5.98. The molecule has 0 unspecified atom stereocenters. The van der Waals surface area contributed by atoms with Gasteiger partial charge in [-0.3, -0.25) is 5.10 Å². The molecule has 1 aromatic heterocycles. The molecule has 3 N–H and O–H groups in total. The maximum Gasteiger partial charge on any atom is 0.137 e. The Hall–Kier alpha value is -3.17. The highest BCUT2D eigenvalue weighted by Crippen LogP contribution is 2.42. The topological polar surface area (TPSA) is 102 Å². The molecule has 0 aliphatic rings. The van der Waals surface area contributed by atoms with Gasteiger partial charge >= 0.3 is 0 Å². The van der Waals surface area contributed by atoms with E-state index in [0.717, 1.165) is 11.1 Å². The Morgan fingerprint density at radius 3 is 2.73 bits per heavy atom. The Kier molecular flexibility index (Phi) is 5.30. The largest absolute Gasteiger partial charge is 0.507 e. The van der Waals surface area contributed by atoms with Gasteiger partial charge in [0.15, 0.2) is 0 Å². The Balaban J connectivity index is 2.00. The average molecular weight is 370 g/mol. The van der Waals surface area contributed by atoms with E-state index in [1.807, 2.05) is 24.3 Å². The molecule has 0 saturated carbocycles. The number of aromatic nitrogens is 2. The van der Waals surface area contributed by atoms with E-state index in [0.29, 0.717) is 36.5 Å². The minimum absolute atomic E-state index is 0.121. The van der Waals surface area contributed by atoms with Crippen LogP contribution in [-0.4, -0.2) is 27.0 Å². The number of rotatable bonds is 6. The number of para-hydroxylation sites is 1. The van der Waals surface area contributed by atoms with Gasteiger partial charge < -0.3 is 14.9 Å². The smallest absolute Gasteiger partial charge is 0.137 e. The van der Waals surface area contributed by atoms with Crippen LogP contribution in [0.1, 0.15) is 12.8 Å². The van der Waals surface area contributed by atoms with E-state index >= 15 is 0 Å². The van der Waals surface area contributed by atoms with E-state index in [1.165, 1.54) is 12.1 Å². The third kappa shape index (κ3) is 3.58. The third-order valence-electron chi connectivity index (χ3n) is 3.84. The van der Waals surface area contributed by atoms with Crippen LogP contribution in [0.25, 0.3) is 22.4 Å². The van der Waals surface area contributed by atoms with Crippen LogP contribution in [0.15, 0.2) is 42.6 Å². The minimum atomic E-state index is -0.199. The van der Waals surface area contributed by atoms with Crippen molar-refractivity contribution in [3.8, 4) is 45.7 Å². The van der Waals surface area contributed by atoms with Gasteiger partial charge in [0.2, 0.25) is 0 Å². The number of H-pyrrole nitrogens is 1. The highest BCUT2D eigenvalue weighted by Gasteiger charge is 2.18. The number of aromatic hydroxyl groups is 2. The van der Waals surface area contributed by atoms with Crippen molar-refractivity contribution in [2.24, 2.45) is 0 Å². The molecule has 0 bridgehead atoms. The fourth-order valence-corrected chi connectivity index (χ4v) is 2.76. The molecule has 26 heavy (non-hydrogen) atoms. The predicted molar refractivity (Wildman–Crippen MR) is 98.1 cm³/mol. The van der Waals surface area contributed by atoms with Gasteiger partial charge in [-0.1, -0.05) is 29.8 Å². The lowest BCUT2D eigenvalue weighted by molar-refractivity contribution is 0.314. The van der Waals surface area contributed by atoms with Gasteiger partial charge in [0.1, 0.15) is 17.2 Å². The monoisotopic (exact) mass is 369 g/mol. The van der Waals surface area contributed by atoms with Gasteiger partial charge in [0.05, 0.1) is 29.6 Å². The second kappa shape index (κ2) is 7.81. The lowest BCUT2D eigenvalue weighted by Crippen LogP contribution is -1.98. The molecule has 3 aromatic rings. The number of aromatic amines is 1. The summed E-state index contributed by atoms with van der Waals surface area (Å²) in [6, 6.07) is 12.2. The van der Waals surface area contributed by atoms with Crippen molar-refractivity contribution in [3.63, 3.8) is 0 Å². The van der Waals surface area contributed by atoms with Crippen LogP contribution in [0.4, 0.5) is 0 Å². The number of hydrogen-bond donors (Lipinski definition) is 3. The summed E-state index contributed by atoms with van der Waals surface area (Å²) in [5.41, 5.74) is 2.48. The molecular formula is C19H16ClN3O3. The van der Waals surface area contributed by atoms with Crippen molar-refractivity contribution in [2.45, 2.75) is 12.8 Å². The molecular weight excluding hydrogens is 354 g/mol. The zero-order valence-corrected chi connectivity index (χ0v) is 14.5. The summed E-state index contributed by atoms with van der Waals surface area (Å²) in [6.07, 6.45) is 2.70. The molecule has 0 aliphatic heterocycles. The van der Waals surface area contributed by atoms with Crippen molar-refractivity contribution < 1.29 is 14.9 Å². The summed E-state index contributed by atoms with van der Waals surface area (Å²) in [7, 11) is 0. The first-order valence-electron chi connectivity index (χ1n) is 7.96. The van der Waals surface area contributed by atoms with Crippen LogP contribution < -0.4 is 4.74 Å². The summed E-state index contributed by atoms with van der Waals surface area (Å²) in [5, 5.41) is 35.5. The number of nitrogens with zero attached hydrogens (tertiary/aromatic N) is 2. The van der Waals surface area contributed by atoms with E-state index in [9.17, 15) is 10.2 Å². The van der Waals surface area contributed by atoms with Crippen LogP contribution >= 0.6 is 11.6 Å². The molecule has 0 saturated heterocycles. The number of halogens is 1. The Bertz CT molecular complexity index is 963.